The minimum absolute atomic E-state index is 0.0477. The van der Waals surface area contributed by atoms with Gasteiger partial charge in [0, 0.05) is 6.20 Å². The predicted octanol–water partition coefficient (Wildman–Crippen LogP) is 1.74. The number of rotatable bonds is 6. The number of hydrogen-bond donors (Lipinski definition) is 3. The molecular formula is C12H18N2O3. The van der Waals surface area contributed by atoms with E-state index in [1.165, 1.54) is 18.5 Å². The first-order valence-electron chi connectivity index (χ1n) is 5.65. The molecule has 1 aromatic rings. The first-order chi connectivity index (χ1) is 8.08. The van der Waals surface area contributed by atoms with Crippen molar-refractivity contribution in [2.45, 2.75) is 32.2 Å². The summed E-state index contributed by atoms with van der Waals surface area (Å²) in [5.74, 6) is -1.01. The second-order valence-corrected chi connectivity index (χ2v) is 4.00. The minimum Gasteiger partial charge on any atom is -0.478 e. The molecule has 5 nitrogen and oxygen atoms in total. The maximum Gasteiger partial charge on any atom is 0.337 e. The van der Waals surface area contributed by atoms with Gasteiger partial charge in [0.15, 0.2) is 0 Å². The van der Waals surface area contributed by atoms with Gasteiger partial charge in [0.05, 0.1) is 29.6 Å². The molecule has 0 aliphatic heterocycles. The molecule has 0 saturated heterocycles. The van der Waals surface area contributed by atoms with Crippen LogP contribution in [0.15, 0.2) is 18.5 Å². The van der Waals surface area contributed by atoms with Crippen LogP contribution in [-0.4, -0.2) is 33.3 Å². The van der Waals surface area contributed by atoms with Crippen molar-refractivity contribution in [3.8, 4) is 0 Å². The van der Waals surface area contributed by atoms with E-state index in [-0.39, 0.29) is 12.2 Å². The van der Waals surface area contributed by atoms with Gasteiger partial charge in [-0.05, 0) is 18.9 Å². The monoisotopic (exact) mass is 238 g/mol. The normalized spacial score (nSPS) is 11.2. The summed E-state index contributed by atoms with van der Waals surface area (Å²) in [6.45, 7) is 3.85. The molecule has 5 heteroatoms. The van der Waals surface area contributed by atoms with Crippen LogP contribution in [-0.2, 0) is 0 Å². The highest BCUT2D eigenvalue weighted by molar-refractivity contribution is 5.93. The van der Waals surface area contributed by atoms with Crippen LogP contribution in [0, 0.1) is 0 Å². The van der Waals surface area contributed by atoms with Gasteiger partial charge in [0.2, 0.25) is 0 Å². The highest BCUT2D eigenvalue weighted by atomic mass is 16.4. The van der Waals surface area contributed by atoms with Crippen molar-refractivity contribution < 1.29 is 15.0 Å². The molecule has 0 aliphatic carbocycles. The highest BCUT2D eigenvalue weighted by Gasteiger charge is 2.26. The van der Waals surface area contributed by atoms with Gasteiger partial charge in [-0.25, -0.2) is 4.79 Å². The number of aliphatic hydroxyl groups is 1. The predicted molar refractivity (Wildman–Crippen MR) is 65.2 cm³/mol. The van der Waals surface area contributed by atoms with Crippen molar-refractivity contribution >= 4 is 11.7 Å². The number of pyridine rings is 1. The molecule has 0 bridgehead atoms. The van der Waals surface area contributed by atoms with Crippen LogP contribution in [0.4, 0.5) is 5.69 Å². The van der Waals surface area contributed by atoms with Gasteiger partial charge >= 0.3 is 5.97 Å². The van der Waals surface area contributed by atoms with E-state index < -0.39 is 11.5 Å². The van der Waals surface area contributed by atoms with Crippen molar-refractivity contribution in [2.24, 2.45) is 0 Å². The summed E-state index contributed by atoms with van der Waals surface area (Å²) in [5.41, 5.74) is 0.116. The van der Waals surface area contributed by atoms with E-state index in [9.17, 15) is 9.90 Å². The van der Waals surface area contributed by atoms with Crippen molar-refractivity contribution in [2.75, 3.05) is 11.9 Å². The molecule has 0 amide bonds. The van der Waals surface area contributed by atoms with Crippen molar-refractivity contribution in [1.29, 1.82) is 0 Å². The molecule has 1 rings (SSSR count). The van der Waals surface area contributed by atoms with Crippen LogP contribution in [0.2, 0.25) is 0 Å². The van der Waals surface area contributed by atoms with Gasteiger partial charge in [-0.15, -0.1) is 0 Å². The van der Waals surface area contributed by atoms with Crippen LogP contribution in [0.25, 0.3) is 0 Å². The zero-order chi connectivity index (χ0) is 12.9. The third-order valence-corrected chi connectivity index (χ3v) is 3.11. The summed E-state index contributed by atoms with van der Waals surface area (Å²) in [6, 6.07) is 1.44. The number of carboxylic acids is 1. The summed E-state index contributed by atoms with van der Waals surface area (Å²) >= 11 is 0. The number of carboxylic acid groups (broad SMARTS) is 1. The Bertz CT molecular complexity index is 381. The van der Waals surface area contributed by atoms with Gasteiger partial charge in [0.25, 0.3) is 0 Å². The van der Waals surface area contributed by atoms with E-state index in [4.69, 9.17) is 5.11 Å². The van der Waals surface area contributed by atoms with E-state index >= 15 is 0 Å². The number of hydrogen-bond acceptors (Lipinski definition) is 4. The van der Waals surface area contributed by atoms with Crippen LogP contribution in [0.1, 0.15) is 37.0 Å². The number of aliphatic hydroxyl groups excluding tert-OH is 1. The zero-order valence-corrected chi connectivity index (χ0v) is 10.1. The maximum atomic E-state index is 11.0. The number of nitrogens with one attached hydrogen (secondary N) is 1. The Labute approximate surface area is 101 Å². The lowest BCUT2D eigenvalue weighted by atomic mass is 9.93. The SMILES string of the molecule is CCC(CC)(CO)Nc1cnccc1C(=O)O. The lowest BCUT2D eigenvalue weighted by molar-refractivity contribution is 0.0697. The van der Waals surface area contributed by atoms with Crippen molar-refractivity contribution in [3.63, 3.8) is 0 Å². The molecule has 0 radical (unpaired) electrons. The Kier molecular flexibility index (Phi) is 4.45. The molecule has 0 saturated carbocycles. The Morgan fingerprint density at radius 1 is 1.47 bits per heavy atom. The molecule has 3 N–H and O–H groups in total. The number of aromatic nitrogens is 1. The molecular weight excluding hydrogens is 220 g/mol. The Balaban J connectivity index is 3.05. The third kappa shape index (κ3) is 2.94. The van der Waals surface area contributed by atoms with Gasteiger partial charge < -0.3 is 15.5 Å². The molecule has 94 valence electrons. The largest absolute Gasteiger partial charge is 0.478 e. The molecule has 0 unspecified atom stereocenters. The first kappa shape index (κ1) is 13.4. The fourth-order valence-corrected chi connectivity index (χ4v) is 1.66. The maximum absolute atomic E-state index is 11.0. The summed E-state index contributed by atoms with van der Waals surface area (Å²) in [4.78, 5) is 14.9. The molecule has 0 aromatic carbocycles. The van der Waals surface area contributed by atoms with Crippen molar-refractivity contribution in [3.05, 3.63) is 24.0 Å². The Morgan fingerprint density at radius 3 is 2.59 bits per heavy atom. The fourth-order valence-electron chi connectivity index (χ4n) is 1.66. The Hall–Kier alpha value is -1.62. The molecule has 1 aromatic heterocycles. The number of carbonyl (C=O) groups is 1. The van der Waals surface area contributed by atoms with Crippen LogP contribution >= 0.6 is 0 Å². The Morgan fingerprint density at radius 2 is 2.12 bits per heavy atom. The van der Waals surface area contributed by atoms with E-state index in [1.54, 1.807) is 0 Å². The van der Waals surface area contributed by atoms with Crippen LogP contribution < -0.4 is 5.32 Å². The number of aromatic carboxylic acids is 1. The zero-order valence-electron chi connectivity index (χ0n) is 10.1. The average molecular weight is 238 g/mol. The molecule has 0 atom stereocenters. The van der Waals surface area contributed by atoms with Gasteiger partial charge in [0.1, 0.15) is 0 Å². The second-order valence-electron chi connectivity index (χ2n) is 4.00. The van der Waals surface area contributed by atoms with Crippen molar-refractivity contribution in [1.82, 2.24) is 4.98 Å². The summed E-state index contributed by atoms with van der Waals surface area (Å²) in [7, 11) is 0. The first-order valence-corrected chi connectivity index (χ1v) is 5.65. The second kappa shape index (κ2) is 5.63. The molecule has 0 fully saturated rings. The number of anilines is 1. The third-order valence-electron chi connectivity index (χ3n) is 3.11. The smallest absolute Gasteiger partial charge is 0.337 e. The fraction of sp³-hybridized carbons (Fsp3) is 0.500. The van der Waals surface area contributed by atoms with E-state index in [2.05, 4.69) is 10.3 Å². The standard InChI is InChI=1S/C12H18N2O3/c1-3-12(4-2,8-15)14-10-7-13-6-5-9(10)11(16)17/h5-7,14-15H,3-4,8H2,1-2H3,(H,16,17). The number of nitrogens with zero attached hydrogens (tertiary/aromatic N) is 1. The summed E-state index contributed by atoms with van der Waals surface area (Å²) in [6.07, 6.45) is 4.31. The quantitative estimate of drug-likeness (QED) is 0.703. The minimum atomic E-state index is -1.01. The van der Waals surface area contributed by atoms with E-state index in [1.807, 2.05) is 13.8 Å². The summed E-state index contributed by atoms with van der Waals surface area (Å²) in [5, 5.41) is 21.6. The topological polar surface area (TPSA) is 82.5 Å². The molecule has 1 heterocycles. The molecule has 17 heavy (non-hydrogen) atoms. The van der Waals surface area contributed by atoms with E-state index in [0.29, 0.717) is 18.5 Å². The average Bonchev–Trinajstić information content (AvgIpc) is 2.36. The van der Waals surface area contributed by atoms with Gasteiger partial charge in [-0.3, -0.25) is 4.98 Å². The lowest BCUT2D eigenvalue weighted by Crippen LogP contribution is -2.41. The van der Waals surface area contributed by atoms with Gasteiger partial charge in [-0.1, -0.05) is 13.8 Å². The van der Waals surface area contributed by atoms with Crippen LogP contribution in [0.5, 0.6) is 0 Å². The van der Waals surface area contributed by atoms with E-state index in [0.717, 1.165) is 0 Å². The van der Waals surface area contributed by atoms with Gasteiger partial charge in [-0.2, -0.15) is 0 Å². The molecule has 0 spiro atoms. The summed E-state index contributed by atoms with van der Waals surface area (Å²) < 4.78 is 0. The highest BCUT2D eigenvalue weighted by Crippen LogP contribution is 2.24. The molecule has 0 aliphatic rings. The van der Waals surface area contributed by atoms with Crippen LogP contribution in [0.3, 0.4) is 0 Å². The lowest BCUT2D eigenvalue weighted by Gasteiger charge is -2.32.